The fourth-order valence-corrected chi connectivity index (χ4v) is 5.87. The third kappa shape index (κ3) is 13.0. The van der Waals surface area contributed by atoms with Gasteiger partial charge < -0.3 is 43.6 Å². The molecule has 2 aromatic carbocycles. The van der Waals surface area contributed by atoms with Gasteiger partial charge in [0.2, 0.25) is 11.8 Å². The molecule has 4 N–H and O–H groups in total. The van der Waals surface area contributed by atoms with Crippen molar-refractivity contribution in [2.75, 3.05) is 28.2 Å². The summed E-state index contributed by atoms with van der Waals surface area (Å²) in [5.74, 6) is -3.40. The molecule has 16 nitrogen and oxygen atoms in total. The number of aliphatic hydroxyl groups excluding tert-OH is 2. The quantitative estimate of drug-likeness (QED) is 0.138. The molecule has 5 aromatic heterocycles. The molecule has 2 atom stereocenters. The highest BCUT2D eigenvalue weighted by molar-refractivity contribution is 5.83. The number of amides is 2. The molecule has 0 spiro atoms. The van der Waals surface area contributed by atoms with E-state index in [9.17, 15) is 19.2 Å². The molecule has 0 saturated heterocycles. The number of rotatable bonds is 10. The van der Waals surface area contributed by atoms with Crippen molar-refractivity contribution >= 4 is 41.2 Å². The second-order valence-electron chi connectivity index (χ2n) is 15.1. The van der Waals surface area contributed by atoms with E-state index < -0.39 is 24.1 Å². The van der Waals surface area contributed by atoms with Gasteiger partial charge >= 0.3 is 11.9 Å². The number of carbonyl (C=O) groups excluding carboxylic acids is 2. The summed E-state index contributed by atoms with van der Waals surface area (Å²) < 4.78 is 5.85. The zero-order valence-corrected chi connectivity index (χ0v) is 36.7. The number of aromatic nitrogens is 6. The fraction of sp³-hybridized carbons (Fsp3) is 0.255. The number of hydrogen-bond donors (Lipinski definition) is 4. The van der Waals surface area contributed by atoms with Gasteiger partial charge in [0.15, 0.2) is 12.2 Å². The van der Waals surface area contributed by atoms with E-state index in [2.05, 4.69) is 73.9 Å². The number of aliphatic hydroxyl groups is 2. The van der Waals surface area contributed by atoms with Crippen LogP contribution in [0.25, 0.3) is 40.0 Å². The van der Waals surface area contributed by atoms with Gasteiger partial charge in [-0.2, -0.15) is 0 Å². The van der Waals surface area contributed by atoms with E-state index in [1.807, 2.05) is 65.5 Å². The lowest BCUT2D eigenvalue weighted by Crippen LogP contribution is -2.39. The Labute approximate surface area is 365 Å². The van der Waals surface area contributed by atoms with E-state index in [0.717, 1.165) is 56.3 Å². The Kier molecular flexibility index (Phi) is 16.8. The second-order valence-corrected chi connectivity index (χ2v) is 15.1. The van der Waals surface area contributed by atoms with Gasteiger partial charge in [0.05, 0.1) is 41.9 Å². The summed E-state index contributed by atoms with van der Waals surface area (Å²) in [5, 5.41) is 32.5. The summed E-state index contributed by atoms with van der Waals surface area (Å²) in [6.07, 6.45) is 7.13. The molecule has 63 heavy (non-hydrogen) atoms. The van der Waals surface area contributed by atoms with Gasteiger partial charge in [0, 0.05) is 70.3 Å². The van der Waals surface area contributed by atoms with Crippen molar-refractivity contribution in [2.45, 2.75) is 52.7 Å². The maximum Gasteiger partial charge on any atom is 0.335 e. The zero-order valence-electron chi connectivity index (χ0n) is 36.7. The molecule has 0 fully saturated rings. The molecule has 2 unspecified atom stereocenters. The number of benzene rings is 2. The number of carboxylic acid groups (broad SMARTS) is 2. The normalized spacial score (nSPS) is 11.5. The molecular formula is C47H54N8O8. The first-order valence-electron chi connectivity index (χ1n) is 19.7. The molecule has 2 amide bonds. The van der Waals surface area contributed by atoms with Crippen molar-refractivity contribution in [3.05, 3.63) is 144 Å². The number of fused-ring (bicyclic) bond motifs is 2. The molecule has 330 valence electrons. The summed E-state index contributed by atoms with van der Waals surface area (Å²) in [5.41, 5.74) is 12.2. The minimum Gasteiger partial charge on any atom is -0.479 e. The summed E-state index contributed by atoms with van der Waals surface area (Å²) in [7, 11) is 7.12. The van der Waals surface area contributed by atoms with Gasteiger partial charge in [-0.15, -0.1) is 0 Å². The highest BCUT2D eigenvalue weighted by Gasteiger charge is 2.29. The van der Waals surface area contributed by atoms with Crippen LogP contribution >= 0.6 is 0 Å². The summed E-state index contributed by atoms with van der Waals surface area (Å²) in [6.45, 7) is 11.7. The molecule has 7 aromatic rings. The van der Waals surface area contributed by atoms with Crippen LogP contribution in [0.15, 0.2) is 110 Å². The molecule has 7 rings (SSSR count). The number of carbonyl (C=O) groups is 4. The number of hydrogen-bond acceptors (Lipinski definition) is 9. The van der Waals surface area contributed by atoms with Crippen LogP contribution in [0.2, 0.25) is 0 Å². The number of pyridine rings is 2. The smallest absolute Gasteiger partial charge is 0.335 e. The van der Waals surface area contributed by atoms with E-state index in [1.165, 1.54) is 11.1 Å². The predicted molar refractivity (Wildman–Crippen MR) is 241 cm³/mol. The van der Waals surface area contributed by atoms with Gasteiger partial charge in [-0.25, -0.2) is 24.5 Å². The lowest BCUT2D eigenvalue weighted by atomic mass is 10.1. The van der Waals surface area contributed by atoms with Gasteiger partial charge in [-0.05, 0) is 51.0 Å². The molecule has 0 aliphatic rings. The standard InChI is InChI=1S/2C19H21N3O.C5H6N2.C4H6O6/c2*1-13-5-8-15(9-6-13)19-16(11-18(23)21(3)4)22-12-14(2)7-10-17(22)20-19;1-2-7-4-3-6-5-7;5-1(3(7)8)2(6)4(9)10/h2*5-10,12H,11H2,1-4H3;2-5H,1H2;1-2,5-6H,(H,7,8)(H,9,10). The summed E-state index contributed by atoms with van der Waals surface area (Å²) >= 11 is 0. The fourth-order valence-electron chi connectivity index (χ4n) is 5.87. The maximum absolute atomic E-state index is 12.3. The third-order valence-electron chi connectivity index (χ3n) is 9.56. The van der Waals surface area contributed by atoms with E-state index >= 15 is 0 Å². The van der Waals surface area contributed by atoms with Gasteiger partial charge in [-0.1, -0.05) is 78.4 Å². The van der Waals surface area contributed by atoms with Crippen molar-refractivity contribution in [3.8, 4) is 22.5 Å². The Morgan fingerprint density at radius 1 is 0.619 bits per heavy atom. The van der Waals surface area contributed by atoms with Crippen molar-refractivity contribution in [2.24, 2.45) is 0 Å². The summed E-state index contributed by atoms with van der Waals surface area (Å²) in [6, 6.07) is 24.6. The molecule has 5 heterocycles. The van der Waals surface area contributed by atoms with Crippen LogP contribution in [0.3, 0.4) is 0 Å². The Morgan fingerprint density at radius 2 is 0.984 bits per heavy atom. The van der Waals surface area contributed by atoms with Crippen molar-refractivity contribution in [1.82, 2.24) is 38.1 Å². The Morgan fingerprint density at radius 3 is 1.27 bits per heavy atom. The third-order valence-corrected chi connectivity index (χ3v) is 9.56. The molecular weight excluding hydrogens is 805 g/mol. The SMILES string of the molecule is C=Cn1ccnc1.Cc1ccc(-c2nc3ccc(C)cn3c2CC(=O)N(C)C)cc1.Cc1ccc(-c2nc3ccc(C)cn3c2CC(=O)N(C)C)cc1.O=C(O)C(O)C(O)C(=O)O. The van der Waals surface area contributed by atoms with Crippen LogP contribution < -0.4 is 0 Å². The molecule has 0 radical (unpaired) electrons. The number of aryl methyl sites for hydroxylation is 4. The highest BCUT2D eigenvalue weighted by atomic mass is 16.4. The first kappa shape index (κ1) is 48.2. The van der Waals surface area contributed by atoms with E-state index in [1.54, 1.807) is 61.3 Å². The second kappa shape index (κ2) is 21.9. The van der Waals surface area contributed by atoms with E-state index in [4.69, 9.17) is 30.4 Å². The van der Waals surface area contributed by atoms with Crippen LogP contribution in [0, 0.1) is 27.7 Å². The van der Waals surface area contributed by atoms with Gasteiger partial charge in [-0.3, -0.25) is 9.59 Å². The Balaban J connectivity index is 0.000000204. The van der Waals surface area contributed by atoms with Crippen molar-refractivity contribution in [1.29, 1.82) is 0 Å². The average Bonchev–Trinajstić information content (AvgIpc) is 4.00. The number of carboxylic acids is 2. The molecule has 0 saturated carbocycles. The minimum atomic E-state index is -2.27. The topological polar surface area (TPSA) is 208 Å². The molecule has 0 aliphatic carbocycles. The Hall–Kier alpha value is -7.43. The van der Waals surface area contributed by atoms with E-state index in [-0.39, 0.29) is 11.8 Å². The zero-order chi connectivity index (χ0) is 46.5. The average molecular weight is 859 g/mol. The number of aliphatic carboxylic acids is 2. The number of likely N-dealkylation sites (N-methyl/N-ethyl adjacent to an activating group) is 2. The van der Waals surface area contributed by atoms with Gasteiger partial charge in [0.1, 0.15) is 11.3 Å². The molecule has 16 heteroatoms. The molecule has 0 aliphatic heterocycles. The monoisotopic (exact) mass is 858 g/mol. The van der Waals surface area contributed by atoms with Crippen LogP contribution in [0.4, 0.5) is 0 Å². The first-order valence-corrected chi connectivity index (χ1v) is 19.7. The van der Waals surface area contributed by atoms with Crippen LogP contribution in [-0.2, 0) is 32.0 Å². The van der Waals surface area contributed by atoms with Crippen LogP contribution in [0.1, 0.15) is 33.6 Å². The van der Waals surface area contributed by atoms with Crippen molar-refractivity contribution in [3.63, 3.8) is 0 Å². The first-order chi connectivity index (χ1) is 29.8. The highest BCUT2D eigenvalue weighted by Crippen LogP contribution is 2.27. The van der Waals surface area contributed by atoms with Crippen LogP contribution in [0.5, 0.6) is 0 Å². The van der Waals surface area contributed by atoms with Crippen molar-refractivity contribution < 1.29 is 39.6 Å². The predicted octanol–water partition coefficient (Wildman–Crippen LogP) is 5.36. The lowest BCUT2D eigenvalue weighted by Gasteiger charge is -2.11. The lowest BCUT2D eigenvalue weighted by molar-refractivity contribution is -0.165. The summed E-state index contributed by atoms with van der Waals surface area (Å²) in [4.78, 5) is 60.6. The van der Waals surface area contributed by atoms with Crippen LogP contribution in [-0.4, -0.2) is 123 Å². The number of nitrogens with zero attached hydrogens (tertiary/aromatic N) is 8. The maximum atomic E-state index is 12.3. The van der Waals surface area contributed by atoms with Gasteiger partial charge in [0.25, 0.3) is 0 Å². The van der Waals surface area contributed by atoms with E-state index in [0.29, 0.717) is 12.8 Å². The Bertz CT molecular complexity index is 2500. The largest absolute Gasteiger partial charge is 0.479 e. The molecule has 0 bridgehead atoms. The minimum absolute atomic E-state index is 0.0710. The number of imidazole rings is 3.